The van der Waals surface area contributed by atoms with Crippen LogP contribution in [-0.2, 0) is 6.54 Å². The van der Waals surface area contributed by atoms with Crippen molar-refractivity contribution < 1.29 is 14.9 Å². The van der Waals surface area contributed by atoms with Gasteiger partial charge < -0.3 is 14.9 Å². The number of rotatable bonds is 9. The maximum Gasteiger partial charge on any atom is 0.352 e. The molecule has 0 unspecified atom stereocenters. The summed E-state index contributed by atoms with van der Waals surface area (Å²) in [7, 11) is 0. The second-order valence-corrected chi connectivity index (χ2v) is 8.16. The molecule has 1 aliphatic rings. The molecule has 1 aliphatic heterocycles. The van der Waals surface area contributed by atoms with Crippen molar-refractivity contribution in [3.63, 3.8) is 0 Å². The molecule has 0 radical (unpaired) electrons. The highest BCUT2D eigenvalue weighted by atomic mass is 16.5. The van der Waals surface area contributed by atoms with Gasteiger partial charge in [-0.3, -0.25) is 0 Å². The van der Waals surface area contributed by atoms with Gasteiger partial charge in [-0.1, -0.05) is 56.2 Å². The Kier molecular flexibility index (Phi) is 6.96. The number of aromatic nitrogens is 3. The average Bonchev–Trinajstić information content (AvgIpc) is 3.10. The number of aliphatic hydroxyl groups excluding tert-OH is 2. The topological polar surface area (TPSA) is 98.6 Å². The van der Waals surface area contributed by atoms with Crippen LogP contribution >= 0.6 is 0 Å². The first-order chi connectivity index (χ1) is 16.1. The van der Waals surface area contributed by atoms with Gasteiger partial charge in [0.25, 0.3) is 0 Å². The number of para-hydroxylation sites is 2. The Balaban J connectivity index is 1.80. The van der Waals surface area contributed by atoms with E-state index in [9.17, 15) is 19.8 Å². The van der Waals surface area contributed by atoms with Crippen molar-refractivity contribution in [3.8, 4) is 11.4 Å². The van der Waals surface area contributed by atoms with Crippen LogP contribution in [0.4, 0.5) is 0 Å². The van der Waals surface area contributed by atoms with Crippen molar-refractivity contribution in [2.75, 3.05) is 13.2 Å². The molecule has 0 aliphatic carbocycles. The number of hydrogen-bond donors (Lipinski definition) is 2. The number of unbranched alkanes of at least 4 members (excludes halogenated alkanes) is 1. The highest BCUT2D eigenvalue weighted by Gasteiger charge is 2.35. The Morgan fingerprint density at radius 2 is 1.70 bits per heavy atom. The summed E-state index contributed by atoms with van der Waals surface area (Å²) >= 11 is 0. The zero-order valence-corrected chi connectivity index (χ0v) is 18.6. The summed E-state index contributed by atoms with van der Waals surface area (Å²) < 4.78 is 9.64. The molecule has 33 heavy (non-hydrogen) atoms. The van der Waals surface area contributed by atoms with E-state index in [1.165, 1.54) is 9.36 Å². The lowest BCUT2D eigenvalue weighted by Crippen LogP contribution is -2.41. The second-order valence-electron chi connectivity index (χ2n) is 8.16. The van der Waals surface area contributed by atoms with E-state index in [2.05, 4.69) is 0 Å². The zero-order chi connectivity index (χ0) is 23.4. The van der Waals surface area contributed by atoms with E-state index in [1.54, 1.807) is 30.3 Å². The van der Waals surface area contributed by atoms with Crippen LogP contribution in [0, 0.1) is 0 Å². The molecule has 0 bridgehead atoms. The predicted molar refractivity (Wildman–Crippen MR) is 125 cm³/mol. The predicted octanol–water partition coefficient (Wildman–Crippen LogP) is 2.27. The minimum atomic E-state index is -0.856. The van der Waals surface area contributed by atoms with E-state index < -0.39 is 30.1 Å². The molecule has 0 spiro atoms. The Labute approximate surface area is 191 Å². The van der Waals surface area contributed by atoms with Gasteiger partial charge in [0.15, 0.2) is 0 Å². The van der Waals surface area contributed by atoms with Crippen molar-refractivity contribution in [3.05, 3.63) is 92.8 Å². The van der Waals surface area contributed by atoms with Gasteiger partial charge in [-0.25, -0.2) is 23.5 Å². The number of ether oxygens (including phenoxy) is 1. The third kappa shape index (κ3) is 4.44. The Morgan fingerprint density at radius 3 is 2.33 bits per heavy atom. The van der Waals surface area contributed by atoms with E-state index in [4.69, 9.17) is 4.74 Å². The molecule has 2 atom stereocenters. The van der Waals surface area contributed by atoms with Gasteiger partial charge in [-0.15, -0.1) is 0 Å². The van der Waals surface area contributed by atoms with Gasteiger partial charge in [0.2, 0.25) is 0 Å². The number of nitrogens with zero attached hydrogens (tertiary/aromatic N) is 3. The van der Waals surface area contributed by atoms with Crippen molar-refractivity contribution in [1.29, 1.82) is 0 Å². The molecular weight excluding hydrogens is 422 g/mol. The molecule has 3 aromatic rings. The quantitative estimate of drug-likeness (QED) is 0.487. The van der Waals surface area contributed by atoms with E-state index in [1.807, 2.05) is 37.3 Å². The molecule has 4 rings (SSSR count). The molecular formula is C25H29N3O5. The van der Waals surface area contributed by atoms with Gasteiger partial charge >= 0.3 is 11.4 Å². The summed E-state index contributed by atoms with van der Waals surface area (Å²) in [4.78, 5) is 26.6. The van der Waals surface area contributed by atoms with E-state index in [0.29, 0.717) is 29.0 Å². The maximum absolute atomic E-state index is 13.3. The standard InChI is InChI=1S/C25H29N3O5/c1-2-3-14-22(30)23-18(17-33-20-12-8-5-9-13-20)15-26-24(31)27(19-10-6-4-7-11-19)25(32)28(26)21(23)16-29/h4-13,21-22,29-30H,2-3,14-17H2,1H3/t21-,22+/m0/s1. The fourth-order valence-electron chi connectivity index (χ4n) is 4.38. The molecule has 2 heterocycles. The first-order valence-electron chi connectivity index (χ1n) is 11.2. The van der Waals surface area contributed by atoms with Crippen LogP contribution in [0.25, 0.3) is 5.69 Å². The molecule has 8 nitrogen and oxygen atoms in total. The molecule has 2 N–H and O–H groups in total. The molecule has 1 aromatic heterocycles. The number of hydrogen-bond acceptors (Lipinski definition) is 5. The Hall–Kier alpha value is -3.36. The van der Waals surface area contributed by atoms with E-state index >= 15 is 0 Å². The maximum atomic E-state index is 13.3. The fraction of sp³-hybridized carbons (Fsp3) is 0.360. The van der Waals surface area contributed by atoms with Crippen LogP contribution in [0.5, 0.6) is 5.75 Å². The third-order valence-corrected chi connectivity index (χ3v) is 6.00. The van der Waals surface area contributed by atoms with Crippen molar-refractivity contribution in [2.24, 2.45) is 0 Å². The normalized spacial score (nSPS) is 16.5. The number of fused-ring (bicyclic) bond motifs is 1. The van der Waals surface area contributed by atoms with Crippen LogP contribution in [0.1, 0.15) is 32.2 Å². The van der Waals surface area contributed by atoms with Gasteiger partial charge in [0.05, 0.1) is 24.9 Å². The molecule has 2 aromatic carbocycles. The fourth-order valence-corrected chi connectivity index (χ4v) is 4.38. The highest BCUT2D eigenvalue weighted by molar-refractivity contribution is 5.32. The average molecular weight is 452 g/mol. The van der Waals surface area contributed by atoms with Crippen LogP contribution < -0.4 is 16.1 Å². The summed E-state index contributed by atoms with van der Waals surface area (Å²) in [5.41, 5.74) is 0.647. The lowest BCUT2D eigenvalue weighted by atomic mass is 9.91. The molecule has 0 fully saturated rings. The summed E-state index contributed by atoms with van der Waals surface area (Å²) in [6.07, 6.45) is 1.34. The minimum Gasteiger partial charge on any atom is -0.489 e. The van der Waals surface area contributed by atoms with Crippen LogP contribution in [0.3, 0.4) is 0 Å². The van der Waals surface area contributed by atoms with Gasteiger partial charge in [-0.2, -0.15) is 0 Å². The Morgan fingerprint density at radius 1 is 1.03 bits per heavy atom. The summed E-state index contributed by atoms with van der Waals surface area (Å²) in [6, 6.07) is 17.1. The molecule has 8 heteroatoms. The summed E-state index contributed by atoms with van der Waals surface area (Å²) in [6.45, 7) is 1.84. The number of aliphatic hydroxyl groups is 2. The van der Waals surface area contributed by atoms with Crippen molar-refractivity contribution in [1.82, 2.24) is 13.9 Å². The van der Waals surface area contributed by atoms with E-state index in [0.717, 1.165) is 17.4 Å². The molecule has 0 amide bonds. The highest BCUT2D eigenvalue weighted by Crippen LogP contribution is 2.30. The first kappa shape index (κ1) is 22.8. The second kappa shape index (κ2) is 10.1. The Bertz CT molecular complexity index is 1220. The first-order valence-corrected chi connectivity index (χ1v) is 11.2. The molecule has 0 saturated heterocycles. The lowest BCUT2D eigenvalue weighted by Gasteiger charge is -2.32. The van der Waals surface area contributed by atoms with Gasteiger partial charge in [0.1, 0.15) is 18.4 Å². The van der Waals surface area contributed by atoms with Gasteiger partial charge in [-0.05, 0) is 41.8 Å². The molecule has 174 valence electrons. The monoisotopic (exact) mass is 451 g/mol. The smallest absolute Gasteiger partial charge is 0.352 e. The van der Waals surface area contributed by atoms with Crippen molar-refractivity contribution >= 4 is 0 Å². The van der Waals surface area contributed by atoms with Crippen LogP contribution in [-0.4, -0.2) is 43.5 Å². The van der Waals surface area contributed by atoms with Crippen LogP contribution in [0.15, 0.2) is 81.4 Å². The van der Waals surface area contributed by atoms with Crippen LogP contribution in [0.2, 0.25) is 0 Å². The third-order valence-electron chi connectivity index (χ3n) is 6.00. The lowest BCUT2D eigenvalue weighted by molar-refractivity contribution is 0.141. The zero-order valence-electron chi connectivity index (χ0n) is 18.6. The van der Waals surface area contributed by atoms with E-state index in [-0.39, 0.29) is 13.2 Å². The van der Waals surface area contributed by atoms with Crippen molar-refractivity contribution in [2.45, 2.75) is 44.9 Å². The number of benzene rings is 2. The largest absolute Gasteiger partial charge is 0.489 e. The van der Waals surface area contributed by atoms with Gasteiger partial charge in [0, 0.05) is 0 Å². The summed E-state index contributed by atoms with van der Waals surface area (Å²) in [5.74, 6) is 0.658. The molecule has 0 saturated carbocycles. The summed E-state index contributed by atoms with van der Waals surface area (Å²) in [5, 5.41) is 21.4. The SMILES string of the molecule is CCCC[C@@H](O)C1=C(COc2ccccc2)Cn2c(=O)n(-c3ccccc3)c(=O)n2[C@H]1CO. The minimum absolute atomic E-state index is 0.0930.